The number of rotatable bonds is 4. The van der Waals surface area contributed by atoms with E-state index in [4.69, 9.17) is 0 Å². The van der Waals surface area contributed by atoms with Gasteiger partial charge < -0.3 is 15.7 Å². The first-order valence-electron chi connectivity index (χ1n) is 7.65. The van der Waals surface area contributed by atoms with Crippen LogP contribution in [-0.2, 0) is 6.54 Å². The summed E-state index contributed by atoms with van der Waals surface area (Å²) in [7, 11) is 0. The first kappa shape index (κ1) is 19.2. The molecular formula is C16H25FIN3O. The standard InChI is InChI=1S/C16H24FN3O.HI/c1-2-18-16(20-13-7-9-14(21)10-8-13)19-11-12-5-3-4-6-15(12)17;/h3-6,13-14,21H,2,7-11H2,1H3,(H2,18,19,20);1H. The van der Waals surface area contributed by atoms with E-state index in [0.29, 0.717) is 24.1 Å². The summed E-state index contributed by atoms with van der Waals surface area (Å²) < 4.78 is 13.6. The van der Waals surface area contributed by atoms with Gasteiger partial charge in [0.05, 0.1) is 12.6 Å². The molecule has 0 atom stereocenters. The molecule has 0 spiro atoms. The third-order valence-electron chi connectivity index (χ3n) is 3.75. The van der Waals surface area contributed by atoms with Crippen molar-refractivity contribution in [1.29, 1.82) is 0 Å². The van der Waals surface area contributed by atoms with Gasteiger partial charge in [0.2, 0.25) is 0 Å². The lowest BCUT2D eigenvalue weighted by Crippen LogP contribution is -2.45. The van der Waals surface area contributed by atoms with Crippen LogP contribution in [0.25, 0.3) is 0 Å². The van der Waals surface area contributed by atoms with Crippen LogP contribution in [0.1, 0.15) is 38.2 Å². The minimum atomic E-state index is -0.224. The predicted molar refractivity (Wildman–Crippen MR) is 98.0 cm³/mol. The van der Waals surface area contributed by atoms with Gasteiger partial charge in [-0.1, -0.05) is 18.2 Å². The molecule has 22 heavy (non-hydrogen) atoms. The zero-order chi connectivity index (χ0) is 15.1. The molecule has 1 saturated carbocycles. The van der Waals surface area contributed by atoms with Crippen molar-refractivity contribution in [2.75, 3.05) is 6.54 Å². The molecule has 0 aliphatic heterocycles. The highest BCUT2D eigenvalue weighted by molar-refractivity contribution is 14.0. The Morgan fingerprint density at radius 1 is 1.27 bits per heavy atom. The Balaban J connectivity index is 0.00000242. The molecule has 0 heterocycles. The number of aliphatic hydroxyl groups is 1. The van der Waals surface area contributed by atoms with Crippen LogP contribution in [0.15, 0.2) is 29.3 Å². The van der Waals surface area contributed by atoms with Crippen molar-refractivity contribution in [2.45, 2.75) is 51.3 Å². The molecule has 0 aromatic heterocycles. The molecular weight excluding hydrogens is 396 g/mol. The molecule has 1 aromatic rings. The third-order valence-corrected chi connectivity index (χ3v) is 3.75. The van der Waals surface area contributed by atoms with Crippen molar-refractivity contribution in [2.24, 2.45) is 4.99 Å². The molecule has 2 rings (SSSR count). The van der Waals surface area contributed by atoms with E-state index in [1.807, 2.05) is 13.0 Å². The minimum absolute atomic E-state index is 0. The number of hydrogen-bond acceptors (Lipinski definition) is 2. The van der Waals surface area contributed by atoms with Gasteiger partial charge in [0.1, 0.15) is 5.82 Å². The molecule has 1 aliphatic carbocycles. The Hall–Kier alpha value is -0.890. The lowest BCUT2D eigenvalue weighted by molar-refractivity contribution is 0.120. The monoisotopic (exact) mass is 421 g/mol. The zero-order valence-corrected chi connectivity index (χ0v) is 15.2. The Bertz CT molecular complexity index is 476. The number of aliphatic imine (C=N–C) groups is 1. The minimum Gasteiger partial charge on any atom is -0.393 e. The second kappa shape index (κ2) is 9.99. The second-order valence-electron chi connectivity index (χ2n) is 5.44. The molecule has 0 amide bonds. The molecule has 0 unspecified atom stereocenters. The van der Waals surface area contributed by atoms with Gasteiger partial charge in [-0.2, -0.15) is 0 Å². The zero-order valence-electron chi connectivity index (χ0n) is 12.9. The maximum absolute atomic E-state index is 13.6. The lowest BCUT2D eigenvalue weighted by atomic mass is 9.93. The van der Waals surface area contributed by atoms with Crippen molar-refractivity contribution in [3.8, 4) is 0 Å². The van der Waals surface area contributed by atoms with E-state index in [9.17, 15) is 9.50 Å². The normalized spacial score (nSPS) is 21.9. The summed E-state index contributed by atoms with van der Waals surface area (Å²) in [6.07, 6.45) is 3.35. The Morgan fingerprint density at radius 2 is 1.95 bits per heavy atom. The number of nitrogens with zero attached hydrogens (tertiary/aromatic N) is 1. The van der Waals surface area contributed by atoms with Gasteiger partial charge in [-0.3, -0.25) is 0 Å². The molecule has 3 N–H and O–H groups in total. The van der Waals surface area contributed by atoms with Gasteiger partial charge in [-0.15, -0.1) is 24.0 Å². The molecule has 0 saturated heterocycles. The Labute approximate surface area is 148 Å². The van der Waals surface area contributed by atoms with Gasteiger partial charge >= 0.3 is 0 Å². The summed E-state index contributed by atoms with van der Waals surface area (Å²) in [6, 6.07) is 7.02. The molecule has 124 valence electrons. The van der Waals surface area contributed by atoms with Crippen LogP contribution in [0, 0.1) is 5.82 Å². The van der Waals surface area contributed by atoms with E-state index in [0.717, 1.165) is 32.2 Å². The van der Waals surface area contributed by atoms with Gasteiger partial charge in [-0.25, -0.2) is 9.38 Å². The number of halogens is 2. The van der Waals surface area contributed by atoms with Crippen molar-refractivity contribution in [3.63, 3.8) is 0 Å². The van der Waals surface area contributed by atoms with E-state index < -0.39 is 0 Å². The summed E-state index contributed by atoms with van der Waals surface area (Å²) >= 11 is 0. The summed E-state index contributed by atoms with van der Waals surface area (Å²) in [5, 5.41) is 16.1. The Kier molecular flexibility index (Phi) is 8.70. The fraction of sp³-hybridized carbons (Fsp3) is 0.562. The van der Waals surface area contributed by atoms with Crippen molar-refractivity contribution >= 4 is 29.9 Å². The van der Waals surface area contributed by atoms with Crippen LogP contribution < -0.4 is 10.6 Å². The van der Waals surface area contributed by atoms with Crippen LogP contribution in [-0.4, -0.2) is 29.8 Å². The summed E-state index contributed by atoms with van der Waals surface area (Å²) in [4.78, 5) is 4.45. The summed E-state index contributed by atoms with van der Waals surface area (Å²) in [6.45, 7) is 3.08. The number of hydrogen-bond donors (Lipinski definition) is 3. The van der Waals surface area contributed by atoms with E-state index in [1.165, 1.54) is 6.07 Å². The Morgan fingerprint density at radius 3 is 2.59 bits per heavy atom. The highest BCUT2D eigenvalue weighted by Gasteiger charge is 2.19. The molecule has 0 bridgehead atoms. The van der Waals surface area contributed by atoms with E-state index in [2.05, 4.69) is 15.6 Å². The lowest BCUT2D eigenvalue weighted by Gasteiger charge is -2.27. The number of aliphatic hydroxyl groups excluding tert-OH is 1. The first-order valence-corrected chi connectivity index (χ1v) is 7.65. The van der Waals surface area contributed by atoms with Crippen molar-refractivity contribution < 1.29 is 9.50 Å². The molecule has 1 aromatic carbocycles. The molecule has 6 heteroatoms. The number of nitrogens with one attached hydrogen (secondary N) is 2. The first-order chi connectivity index (χ1) is 10.2. The fourth-order valence-corrected chi connectivity index (χ4v) is 2.52. The third kappa shape index (κ3) is 6.08. The van der Waals surface area contributed by atoms with E-state index in [-0.39, 0.29) is 35.9 Å². The van der Waals surface area contributed by atoms with Gasteiger partial charge in [-0.05, 0) is 38.7 Å². The van der Waals surface area contributed by atoms with Gasteiger partial charge in [0, 0.05) is 18.2 Å². The second-order valence-corrected chi connectivity index (χ2v) is 5.44. The SMILES string of the molecule is CCNC(=NCc1ccccc1F)NC1CCC(O)CC1.I. The molecule has 4 nitrogen and oxygen atoms in total. The molecule has 0 radical (unpaired) electrons. The predicted octanol–water partition coefficient (Wildman–Crippen LogP) is 2.80. The van der Waals surface area contributed by atoms with E-state index in [1.54, 1.807) is 12.1 Å². The van der Waals surface area contributed by atoms with Gasteiger partial charge in [0.15, 0.2) is 5.96 Å². The summed E-state index contributed by atoms with van der Waals surface area (Å²) in [5.41, 5.74) is 0.591. The van der Waals surface area contributed by atoms with Crippen LogP contribution in [0.3, 0.4) is 0 Å². The van der Waals surface area contributed by atoms with Crippen molar-refractivity contribution in [3.05, 3.63) is 35.6 Å². The highest BCUT2D eigenvalue weighted by atomic mass is 127. The number of benzene rings is 1. The molecule has 1 fully saturated rings. The average molecular weight is 421 g/mol. The maximum atomic E-state index is 13.6. The van der Waals surface area contributed by atoms with Crippen LogP contribution in [0.2, 0.25) is 0 Å². The quantitative estimate of drug-likeness (QED) is 0.398. The maximum Gasteiger partial charge on any atom is 0.191 e. The van der Waals surface area contributed by atoms with Crippen LogP contribution >= 0.6 is 24.0 Å². The average Bonchev–Trinajstić information content (AvgIpc) is 2.49. The van der Waals surface area contributed by atoms with Gasteiger partial charge in [0.25, 0.3) is 0 Å². The van der Waals surface area contributed by atoms with Crippen LogP contribution in [0.4, 0.5) is 4.39 Å². The van der Waals surface area contributed by atoms with Crippen molar-refractivity contribution in [1.82, 2.24) is 10.6 Å². The van der Waals surface area contributed by atoms with E-state index >= 15 is 0 Å². The summed E-state index contributed by atoms with van der Waals surface area (Å²) in [5.74, 6) is 0.486. The topological polar surface area (TPSA) is 56.7 Å². The molecule has 1 aliphatic rings. The smallest absolute Gasteiger partial charge is 0.191 e. The number of guanidine groups is 1. The largest absolute Gasteiger partial charge is 0.393 e. The van der Waals surface area contributed by atoms with Crippen LogP contribution in [0.5, 0.6) is 0 Å². The highest BCUT2D eigenvalue weighted by Crippen LogP contribution is 2.18. The fourth-order valence-electron chi connectivity index (χ4n) is 2.52.